The molecule has 0 aliphatic rings. The lowest BCUT2D eigenvalue weighted by Crippen LogP contribution is -2.37. The number of guanidine groups is 1. The maximum atomic E-state index is 11.1. The van der Waals surface area contributed by atoms with Crippen LogP contribution >= 0.6 is 0 Å². The fraction of sp³-hybridized carbons (Fsp3) is 0.619. The number of nitrogens with zero attached hydrogens (tertiary/aromatic N) is 1. The first-order valence-electron chi connectivity index (χ1n) is 9.91. The first-order valence-corrected chi connectivity index (χ1v) is 9.91. The highest BCUT2D eigenvalue weighted by atomic mass is 16.5. The minimum absolute atomic E-state index is 0.149. The quantitative estimate of drug-likeness (QED) is 0.232. The Morgan fingerprint density at radius 1 is 1.11 bits per heavy atom. The summed E-state index contributed by atoms with van der Waals surface area (Å²) >= 11 is 0. The highest BCUT2D eigenvalue weighted by Crippen LogP contribution is 2.21. The highest BCUT2D eigenvalue weighted by Gasteiger charge is 2.05. The van der Waals surface area contributed by atoms with E-state index in [0.717, 1.165) is 55.2 Å². The molecule has 0 aromatic heterocycles. The van der Waals surface area contributed by atoms with E-state index in [1.807, 2.05) is 19.9 Å². The van der Waals surface area contributed by atoms with Gasteiger partial charge in [0.2, 0.25) is 0 Å². The maximum absolute atomic E-state index is 11.1. The molecule has 0 aliphatic carbocycles. The molecule has 158 valence electrons. The molecule has 1 rings (SSSR count). The molecule has 0 atom stereocenters. The van der Waals surface area contributed by atoms with E-state index in [1.165, 1.54) is 7.11 Å². The number of aliphatic imine (C=N–C) groups is 1. The van der Waals surface area contributed by atoms with Gasteiger partial charge in [0.05, 0.1) is 20.3 Å². The second-order valence-corrected chi connectivity index (χ2v) is 6.46. The smallest absolute Gasteiger partial charge is 0.305 e. The highest BCUT2D eigenvalue weighted by molar-refractivity contribution is 5.79. The molecule has 0 fully saturated rings. The predicted octanol–water partition coefficient (Wildman–Crippen LogP) is 2.81. The molecule has 0 saturated heterocycles. The van der Waals surface area contributed by atoms with E-state index in [2.05, 4.69) is 32.5 Å². The molecule has 0 spiro atoms. The largest absolute Gasteiger partial charge is 0.491 e. The summed E-state index contributed by atoms with van der Waals surface area (Å²) in [7, 11) is 3.08. The van der Waals surface area contributed by atoms with Gasteiger partial charge >= 0.3 is 5.97 Å². The molecule has 0 radical (unpaired) electrons. The monoisotopic (exact) mass is 393 g/mol. The van der Waals surface area contributed by atoms with Crippen molar-refractivity contribution in [3.05, 3.63) is 29.3 Å². The Morgan fingerprint density at radius 2 is 1.93 bits per heavy atom. The van der Waals surface area contributed by atoms with Gasteiger partial charge in [-0.05, 0) is 38.3 Å². The zero-order valence-electron chi connectivity index (χ0n) is 17.7. The molecule has 0 heterocycles. The molecule has 0 saturated carbocycles. The van der Waals surface area contributed by atoms with Crippen LogP contribution < -0.4 is 15.4 Å². The lowest BCUT2D eigenvalue weighted by Gasteiger charge is -2.13. The average molecular weight is 394 g/mol. The number of carbonyl (C=O) groups is 1. The molecule has 0 unspecified atom stereocenters. The van der Waals surface area contributed by atoms with Crippen LogP contribution in [0.3, 0.4) is 0 Å². The minimum atomic E-state index is -0.149. The summed E-state index contributed by atoms with van der Waals surface area (Å²) in [6.07, 6.45) is 3.26. The fourth-order valence-electron chi connectivity index (χ4n) is 2.55. The van der Waals surface area contributed by atoms with E-state index in [0.29, 0.717) is 26.2 Å². The molecule has 0 bridgehead atoms. The summed E-state index contributed by atoms with van der Waals surface area (Å²) in [5.41, 5.74) is 2.19. The van der Waals surface area contributed by atoms with Crippen LogP contribution in [0.4, 0.5) is 0 Å². The number of ether oxygens (including phenoxy) is 3. The standard InChI is InChI=1S/C21H35N3O4/c1-5-22-21(23-12-8-6-7-9-20(25)27-4)24-16-18-11-10-17(2)15-19(18)28-14-13-26-3/h10-11,15H,5-9,12-14,16H2,1-4H3,(H2,22,23,24). The zero-order chi connectivity index (χ0) is 20.6. The number of benzene rings is 1. The predicted molar refractivity (Wildman–Crippen MR) is 112 cm³/mol. The lowest BCUT2D eigenvalue weighted by atomic mass is 10.1. The van der Waals surface area contributed by atoms with Gasteiger partial charge in [-0.15, -0.1) is 0 Å². The number of carbonyl (C=O) groups excluding carboxylic acids is 1. The molecule has 2 N–H and O–H groups in total. The van der Waals surface area contributed by atoms with E-state index >= 15 is 0 Å². The van der Waals surface area contributed by atoms with Crippen molar-refractivity contribution >= 4 is 11.9 Å². The zero-order valence-corrected chi connectivity index (χ0v) is 17.7. The van der Waals surface area contributed by atoms with Gasteiger partial charge in [-0.1, -0.05) is 18.6 Å². The summed E-state index contributed by atoms with van der Waals surface area (Å²) in [5.74, 6) is 1.47. The van der Waals surface area contributed by atoms with Gasteiger partial charge in [0.1, 0.15) is 12.4 Å². The molecular formula is C21H35N3O4. The SMILES string of the molecule is CCNC(=NCc1ccc(C)cc1OCCOC)NCCCCCC(=O)OC. The van der Waals surface area contributed by atoms with Crippen molar-refractivity contribution in [2.75, 3.05) is 40.5 Å². The van der Waals surface area contributed by atoms with Crippen LogP contribution in [0.5, 0.6) is 5.75 Å². The van der Waals surface area contributed by atoms with Crippen molar-refractivity contribution in [1.29, 1.82) is 0 Å². The van der Waals surface area contributed by atoms with Gasteiger partial charge in [-0.2, -0.15) is 0 Å². The molecule has 0 aliphatic heterocycles. The van der Waals surface area contributed by atoms with Crippen molar-refractivity contribution in [3.8, 4) is 5.75 Å². The molecule has 7 nitrogen and oxygen atoms in total. The number of nitrogens with one attached hydrogen (secondary N) is 2. The second kappa shape index (κ2) is 14.7. The van der Waals surface area contributed by atoms with Gasteiger partial charge in [-0.3, -0.25) is 4.79 Å². The third kappa shape index (κ3) is 10.2. The van der Waals surface area contributed by atoms with Crippen LogP contribution in [0, 0.1) is 6.92 Å². The normalized spacial score (nSPS) is 11.2. The van der Waals surface area contributed by atoms with Crippen LogP contribution in [0.1, 0.15) is 43.7 Å². The van der Waals surface area contributed by atoms with Gasteiger partial charge in [0.15, 0.2) is 5.96 Å². The number of esters is 1. The van der Waals surface area contributed by atoms with E-state index in [1.54, 1.807) is 7.11 Å². The third-order valence-electron chi connectivity index (χ3n) is 4.10. The summed E-state index contributed by atoms with van der Waals surface area (Å²) in [4.78, 5) is 15.8. The van der Waals surface area contributed by atoms with Crippen LogP contribution in [0.15, 0.2) is 23.2 Å². The molecule has 28 heavy (non-hydrogen) atoms. The van der Waals surface area contributed by atoms with Crippen LogP contribution in [0.25, 0.3) is 0 Å². The molecule has 7 heteroatoms. The van der Waals surface area contributed by atoms with Crippen molar-refractivity contribution < 1.29 is 19.0 Å². The molecule has 1 aromatic carbocycles. The fourth-order valence-corrected chi connectivity index (χ4v) is 2.55. The van der Waals surface area contributed by atoms with Gasteiger partial charge < -0.3 is 24.8 Å². The number of methoxy groups -OCH3 is 2. The molecule has 1 aromatic rings. The maximum Gasteiger partial charge on any atom is 0.305 e. The Labute approximate surface area is 168 Å². The van der Waals surface area contributed by atoms with Gasteiger partial charge in [0, 0.05) is 32.2 Å². The first-order chi connectivity index (χ1) is 13.6. The van der Waals surface area contributed by atoms with Crippen molar-refractivity contribution in [2.45, 2.75) is 46.1 Å². The van der Waals surface area contributed by atoms with Crippen LogP contribution in [0.2, 0.25) is 0 Å². The summed E-state index contributed by atoms with van der Waals surface area (Å²) in [5, 5.41) is 6.60. The van der Waals surface area contributed by atoms with E-state index in [4.69, 9.17) is 9.47 Å². The van der Waals surface area contributed by atoms with E-state index in [-0.39, 0.29) is 5.97 Å². The number of hydrogen-bond acceptors (Lipinski definition) is 5. The van der Waals surface area contributed by atoms with Crippen molar-refractivity contribution in [1.82, 2.24) is 10.6 Å². The Bertz CT molecular complexity index is 605. The number of unbranched alkanes of at least 4 members (excludes halogenated alkanes) is 2. The molecular weight excluding hydrogens is 358 g/mol. The topological polar surface area (TPSA) is 81.2 Å². The molecule has 0 amide bonds. The second-order valence-electron chi connectivity index (χ2n) is 6.46. The first kappa shape index (κ1) is 23.8. The average Bonchev–Trinajstić information content (AvgIpc) is 2.69. The number of rotatable bonds is 13. The van der Waals surface area contributed by atoms with E-state index < -0.39 is 0 Å². The summed E-state index contributed by atoms with van der Waals surface area (Å²) < 4.78 is 15.5. The summed E-state index contributed by atoms with van der Waals surface area (Å²) in [6.45, 7) is 7.27. The van der Waals surface area contributed by atoms with Crippen molar-refractivity contribution in [2.24, 2.45) is 4.99 Å². The van der Waals surface area contributed by atoms with Crippen LogP contribution in [-0.4, -0.2) is 52.5 Å². The number of hydrogen-bond donors (Lipinski definition) is 2. The number of aryl methyl sites for hydroxylation is 1. The Balaban J connectivity index is 2.53. The summed E-state index contributed by atoms with van der Waals surface area (Å²) in [6, 6.07) is 6.15. The Hall–Kier alpha value is -2.28. The van der Waals surface area contributed by atoms with Gasteiger partial charge in [0.25, 0.3) is 0 Å². The van der Waals surface area contributed by atoms with Crippen LogP contribution in [-0.2, 0) is 20.8 Å². The van der Waals surface area contributed by atoms with Crippen molar-refractivity contribution in [3.63, 3.8) is 0 Å². The van der Waals surface area contributed by atoms with E-state index in [9.17, 15) is 4.79 Å². The third-order valence-corrected chi connectivity index (χ3v) is 4.10. The minimum Gasteiger partial charge on any atom is -0.491 e. The Morgan fingerprint density at radius 3 is 2.64 bits per heavy atom. The van der Waals surface area contributed by atoms with Gasteiger partial charge in [-0.25, -0.2) is 4.99 Å². The lowest BCUT2D eigenvalue weighted by molar-refractivity contribution is -0.140. The Kier molecular flexibility index (Phi) is 12.5.